The summed E-state index contributed by atoms with van der Waals surface area (Å²) in [4.78, 5) is 26.4. The van der Waals surface area contributed by atoms with Crippen LogP contribution < -0.4 is 5.32 Å². The van der Waals surface area contributed by atoms with Gasteiger partial charge in [0.25, 0.3) is 5.91 Å². The van der Waals surface area contributed by atoms with Gasteiger partial charge in [0.1, 0.15) is 17.2 Å². The van der Waals surface area contributed by atoms with Crippen LogP contribution >= 0.6 is 23.1 Å². The predicted molar refractivity (Wildman–Crippen MR) is 115 cm³/mol. The molecule has 1 amide bonds. The lowest BCUT2D eigenvalue weighted by Gasteiger charge is -2.09. The third-order valence-electron chi connectivity index (χ3n) is 4.20. The Kier molecular flexibility index (Phi) is 5.82. The minimum atomic E-state index is -0.918. The molecule has 1 N–H and O–H groups in total. The Labute approximate surface area is 179 Å². The van der Waals surface area contributed by atoms with Gasteiger partial charge < -0.3 is 5.32 Å². The van der Waals surface area contributed by atoms with E-state index in [2.05, 4.69) is 20.3 Å². The van der Waals surface area contributed by atoms with Gasteiger partial charge in [-0.1, -0.05) is 30.0 Å². The normalized spacial score (nSPS) is 10.8. The number of thiazole rings is 1. The monoisotopic (exact) mass is 440 g/mol. The van der Waals surface area contributed by atoms with Crippen LogP contribution in [0.15, 0.2) is 65.4 Å². The van der Waals surface area contributed by atoms with E-state index in [0.29, 0.717) is 16.5 Å². The first kappa shape index (κ1) is 20.1. The molecule has 0 radical (unpaired) electrons. The highest BCUT2D eigenvalue weighted by Crippen LogP contribution is 2.35. The van der Waals surface area contributed by atoms with E-state index >= 15 is 0 Å². The lowest BCUT2D eigenvalue weighted by molar-refractivity contribution is 0.101. The van der Waals surface area contributed by atoms with Crippen LogP contribution in [0.4, 0.5) is 14.5 Å². The standard InChI is InChI=1S/C21H14F2N4OS2/c1-29-21-24-9-8-16(27-21)19-18(25-11-30-19)12-4-2-5-13(10-12)26-20(28)17-14(22)6-3-7-15(17)23/h2-11H,1H3,(H,26,28). The number of amides is 1. The van der Waals surface area contributed by atoms with Crippen LogP contribution in [0.2, 0.25) is 0 Å². The van der Waals surface area contributed by atoms with Crippen LogP contribution in [-0.2, 0) is 0 Å². The minimum absolute atomic E-state index is 0.395. The summed E-state index contributed by atoms with van der Waals surface area (Å²) >= 11 is 2.88. The molecule has 0 aliphatic carbocycles. The lowest BCUT2D eigenvalue weighted by atomic mass is 10.1. The van der Waals surface area contributed by atoms with Crippen molar-refractivity contribution in [3.63, 3.8) is 0 Å². The molecule has 0 unspecified atom stereocenters. The van der Waals surface area contributed by atoms with E-state index in [9.17, 15) is 13.6 Å². The second kappa shape index (κ2) is 8.68. The average molecular weight is 441 g/mol. The van der Waals surface area contributed by atoms with Crippen molar-refractivity contribution in [1.29, 1.82) is 0 Å². The fraction of sp³-hybridized carbons (Fsp3) is 0.0476. The highest BCUT2D eigenvalue weighted by molar-refractivity contribution is 7.98. The van der Waals surface area contributed by atoms with Gasteiger partial charge in [0.2, 0.25) is 0 Å². The fourth-order valence-corrected chi connectivity index (χ4v) is 3.99. The van der Waals surface area contributed by atoms with Crippen molar-refractivity contribution >= 4 is 34.7 Å². The second-order valence-corrected chi connectivity index (χ2v) is 7.72. The van der Waals surface area contributed by atoms with E-state index in [-0.39, 0.29) is 0 Å². The molecular formula is C21H14F2N4OS2. The van der Waals surface area contributed by atoms with Crippen LogP contribution in [0.25, 0.3) is 21.8 Å². The van der Waals surface area contributed by atoms with Gasteiger partial charge in [0, 0.05) is 17.4 Å². The molecule has 30 heavy (non-hydrogen) atoms. The zero-order valence-electron chi connectivity index (χ0n) is 15.6. The first-order valence-electron chi connectivity index (χ1n) is 8.73. The molecule has 0 aliphatic rings. The first-order chi connectivity index (χ1) is 14.6. The molecule has 0 atom stereocenters. The van der Waals surface area contributed by atoms with Gasteiger partial charge >= 0.3 is 0 Å². The molecule has 2 heterocycles. The fourth-order valence-electron chi connectivity index (χ4n) is 2.85. The summed E-state index contributed by atoms with van der Waals surface area (Å²) in [5.74, 6) is -2.70. The molecule has 0 spiro atoms. The topological polar surface area (TPSA) is 67.8 Å². The van der Waals surface area contributed by atoms with Gasteiger partial charge in [-0.3, -0.25) is 4.79 Å². The van der Waals surface area contributed by atoms with Crippen LogP contribution in [0.5, 0.6) is 0 Å². The zero-order valence-corrected chi connectivity index (χ0v) is 17.2. The van der Waals surface area contributed by atoms with Crippen molar-refractivity contribution in [2.45, 2.75) is 5.16 Å². The predicted octanol–water partition coefficient (Wildman–Crippen LogP) is 5.52. The van der Waals surface area contributed by atoms with Crippen molar-refractivity contribution in [2.75, 3.05) is 11.6 Å². The number of hydrogen-bond acceptors (Lipinski definition) is 6. The Morgan fingerprint density at radius 2 is 1.83 bits per heavy atom. The Morgan fingerprint density at radius 3 is 2.60 bits per heavy atom. The molecule has 9 heteroatoms. The third kappa shape index (κ3) is 4.07. The number of nitrogens with zero attached hydrogens (tertiary/aromatic N) is 3. The summed E-state index contributed by atoms with van der Waals surface area (Å²) in [6.07, 6.45) is 3.59. The molecule has 0 saturated carbocycles. The highest BCUT2D eigenvalue weighted by atomic mass is 32.2. The molecule has 0 saturated heterocycles. The van der Waals surface area contributed by atoms with Crippen molar-refractivity contribution in [3.8, 4) is 21.8 Å². The number of rotatable bonds is 5. The number of hydrogen-bond donors (Lipinski definition) is 1. The van der Waals surface area contributed by atoms with Gasteiger partial charge in [-0.15, -0.1) is 11.3 Å². The number of carbonyl (C=O) groups is 1. The van der Waals surface area contributed by atoms with Crippen molar-refractivity contribution in [3.05, 3.63) is 77.4 Å². The van der Waals surface area contributed by atoms with Gasteiger partial charge in [0.05, 0.1) is 21.8 Å². The molecule has 0 bridgehead atoms. The van der Waals surface area contributed by atoms with Gasteiger partial charge in [-0.25, -0.2) is 23.7 Å². The number of benzene rings is 2. The van der Waals surface area contributed by atoms with Crippen LogP contribution in [-0.4, -0.2) is 27.1 Å². The summed E-state index contributed by atoms with van der Waals surface area (Å²) in [6, 6.07) is 12.0. The largest absolute Gasteiger partial charge is 0.322 e. The molecule has 4 rings (SSSR count). The van der Waals surface area contributed by atoms with E-state index in [1.165, 1.54) is 29.2 Å². The van der Waals surface area contributed by atoms with Gasteiger partial charge in [0.15, 0.2) is 5.16 Å². The van der Waals surface area contributed by atoms with Crippen molar-refractivity contribution < 1.29 is 13.6 Å². The quantitative estimate of drug-likeness (QED) is 0.327. The van der Waals surface area contributed by atoms with E-state index in [1.54, 1.807) is 29.9 Å². The smallest absolute Gasteiger partial charge is 0.261 e. The number of anilines is 1. The van der Waals surface area contributed by atoms with Crippen LogP contribution in [0.3, 0.4) is 0 Å². The summed E-state index contributed by atoms with van der Waals surface area (Å²) in [6.45, 7) is 0. The number of thioether (sulfide) groups is 1. The summed E-state index contributed by atoms with van der Waals surface area (Å²) < 4.78 is 27.8. The molecular weight excluding hydrogens is 426 g/mol. The number of aromatic nitrogens is 3. The Bertz CT molecular complexity index is 1210. The van der Waals surface area contributed by atoms with Gasteiger partial charge in [-0.2, -0.15) is 0 Å². The average Bonchev–Trinajstić information content (AvgIpc) is 3.24. The van der Waals surface area contributed by atoms with Crippen LogP contribution in [0.1, 0.15) is 10.4 Å². The van der Waals surface area contributed by atoms with E-state index in [1.807, 2.05) is 18.4 Å². The van der Waals surface area contributed by atoms with Crippen molar-refractivity contribution in [1.82, 2.24) is 15.0 Å². The maximum absolute atomic E-state index is 13.9. The second-order valence-electron chi connectivity index (χ2n) is 6.09. The van der Waals surface area contributed by atoms with Crippen molar-refractivity contribution in [2.24, 2.45) is 0 Å². The molecule has 0 aliphatic heterocycles. The zero-order chi connectivity index (χ0) is 21.1. The maximum atomic E-state index is 13.9. The lowest BCUT2D eigenvalue weighted by Crippen LogP contribution is -2.15. The van der Waals surface area contributed by atoms with E-state index in [0.717, 1.165) is 28.3 Å². The maximum Gasteiger partial charge on any atom is 0.261 e. The summed E-state index contributed by atoms with van der Waals surface area (Å²) in [5, 5.41) is 3.20. The van der Waals surface area contributed by atoms with E-state index < -0.39 is 23.1 Å². The molecule has 0 fully saturated rings. The number of halogens is 2. The molecule has 150 valence electrons. The highest BCUT2D eigenvalue weighted by Gasteiger charge is 2.18. The summed E-state index contributed by atoms with van der Waals surface area (Å²) in [7, 11) is 0. The number of nitrogens with one attached hydrogen (secondary N) is 1. The molecule has 2 aromatic heterocycles. The Hall–Kier alpha value is -3.17. The first-order valence-corrected chi connectivity index (χ1v) is 10.8. The minimum Gasteiger partial charge on any atom is -0.322 e. The Balaban J connectivity index is 1.65. The third-order valence-corrected chi connectivity index (χ3v) is 5.61. The SMILES string of the molecule is CSc1nccc(-c2scnc2-c2cccc(NC(=O)c3c(F)cccc3F)c2)n1. The van der Waals surface area contributed by atoms with Gasteiger partial charge in [-0.05, 0) is 36.6 Å². The molecule has 2 aromatic carbocycles. The van der Waals surface area contributed by atoms with Crippen LogP contribution in [0, 0.1) is 11.6 Å². The summed E-state index contributed by atoms with van der Waals surface area (Å²) in [5.41, 5.74) is 3.66. The molecule has 4 aromatic rings. The number of carbonyl (C=O) groups excluding carboxylic acids is 1. The van der Waals surface area contributed by atoms with E-state index in [4.69, 9.17) is 0 Å². The Morgan fingerprint density at radius 1 is 1.07 bits per heavy atom. The molecule has 5 nitrogen and oxygen atoms in total.